The van der Waals surface area contributed by atoms with Gasteiger partial charge >= 0.3 is 5.97 Å². The Labute approximate surface area is 215 Å². The van der Waals surface area contributed by atoms with Crippen LogP contribution in [-0.4, -0.2) is 63.6 Å². The van der Waals surface area contributed by atoms with E-state index in [2.05, 4.69) is 10.2 Å². The Kier molecular flexibility index (Phi) is 6.88. The molecule has 2 aliphatic rings. The number of esters is 1. The smallest absolute Gasteiger partial charge is 0.355 e. The predicted molar refractivity (Wildman–Crippen MR) is 138 cm³/mol. The lowest BCUT2D eigenvalue weighted by Crippen LogP contribution is -2.35. The zero-order chi connectivity index (χ0) is 25.6. The summed E-state index contributed by atoms with van der Waals surface area (Å²) in [7, 11) is -3.54. The molecule has 5 rings (SSSR count). The third kappa shape index (κ3) is 4.34. The van der Waals surface area contributed by atoms with Gasteiger partial charge in [-0.1, -0.05) is 17.7 Å². The molecule has 1 aliphatic carbocycles. The van der Waals surface area contributed by atoms with E-state index in [1.54, 1.807) is 11.2 Å². The van der Waals surface area contributed by atoms with E-state index >= 15 is 0 Å². The monoisotopic (exact) mass is 534 g/mol. The molecular formula is C25H31ClN4O5S. The van der Waals surface area contributed by atoms with Crippen LogP contribution in [0.25, 0.3) is 22.0 Å². The van der Waals surface area contributed by atoms with Gasteiger partial charge in [-0.15, -0.1) is 0 Å². The third-order valence-corrected chi connectivity index (χ3v) is 9.27. The molecule has 0 spiro atoms. The highest BCUT2D eigenvalue weighted by Gasteiger charge is 2.39. The van der Waals surface area contributed by atoms with E-state index in [-0.39, 0.29) is 31.6 Å². The van der Waals surface area contributed by atoms with Crippen LogP contribution in [0.2, 0.25) is 5.02 Å². The Morgan fingerprint density at radius 2 is 2.08 bits per heavy atom. The number of H-pyrrole nitrogens is 1. The number of aryl methyl sites for hydroxylation is 3. The average Bonchev–Trinajstić information content (AvgIpc) is 3.54. The summed E-state index contributed by atoms with van der Waals surface area (Å²) in [6, 6.07) is 3.70. The molecule has 0 radical (unpaired) electrons. The predicted octanol–water partition coefficient (Wildman–Crippen LogP) is 3.79. The molecule has 3 aromatic rings. The van der Waals surface area contributed by atoms with Crippen LogP contribution < -0.4 is 0 Å². The van der Waals surface area contributed by atoms with Gasteiger partial charge in [0, 0.05) is 41.4 Å². The molecule has 0 saturated heterocycles. The van der Waals surface area contributed by atoms with Gasteiger partial charge in [0.05, 0.1) is 35.1 Å². The zero-order valence-electron chi connectivity index (χ0n) is 20.5. The minimum atomic E-state index is -3.54. The summed E-state index contributed by atoms with van der Waals surface area (Å²) < 4.78 is 35.7. The Balaban J connectivity index is 1.83. The molecule has 0 unspecified atom stereocenters. The topological polar surface area (TPSA) is 118 Å². The second-order valence-electron chi connectivity index (χ2n) is 9.46. The van der Waals surface area contributed by atoms with Crippen molar-refractivity contribution >= 4 is 38.5 Å². The number of benzene rings is 1. The average molecular weight is 535 g/mol. The third-order valence-electron chi connectivity index (χ3n) is 7.00. The molecule has 0 atom stereocenters. The standard InChI is InChI=1S/C25H31ClN4O5S/c1-3-35-25(32)24-17(6-4-12-31)18-9-10-19(26)22-21-15(2)27-28-20(21)14-30(16-7-8-16)36(33,34)13-5-11-29(24)23(18)22/h9-10,16,31H,3-8,11-14H2,1-2H3,(H,27,28). The number of hydrogen-bond acceptors (Lipinski definition) is 6. The van der Waals surface area contributed by atoms with E-state index in [0.29, 0.717) is 42.2 Å². The van der Waals surface area contributed by atoms with Gasteiger partial charge in [-0.05, 0) is 57.6 Å². The fraction of sp³-hybridized carbons (Fsp3) is 0.520. The number of halogens is 1. The quantitative estimate of drug-likeness (QED) is 0.465. The van der Waals surface area contributed by atoms with Crippen LogP contribution in [0.1, 0.15) is 60.0 Å². The number of aromatic amines is 1. The fourth-order valence-corrected chi connectivity index (χ4v) is 7.27. The number of aliphatic hydroxyl groups excluding tert-OH is 1. The maximum atomic E-state index is 13.4. The van der Waals surface area contributed by atoms with Gasteiger partial charge in [0.1, 0.15) is 5.69 Å². The molecule has 0 amide bonds. The fourth-order valence-electron chi connectivity index (χ4n) is 5.31. The number of carbonyl (C=O) groups excluding carboxylic acids is 1. The van der Waals surface area contributed by atoms with Gasteiger partial charge in [0.25, 0.3) is 0 Å². The molecule has 2 aromatic heterocycles. The Hall–Kier alpha value is -2.40. The van der Waals surface area contributed by atoms with Crippen molar-refractivity contribution in [1.29, 1.82) is 0 Å². The van der Waals surface area contributed by atoms with Crippen LogP contribution in [0, 0.1) is 6.92 Å². The summed E-state index contributed by atoms with van der Waals surface area (Å²) in [6.45, 7) is 4.31. The van der Waals surface area contributed by atoms with Crippen molar-refractivity contribution in [2.45, 2.75) is 65.1 Å². The highest BCUT2D eigenvalue weighted by Crippen LogP contribution is 2.43. The number of carbonyl (C=O) groups is 1. The number of aromatic nitrogens is 3. The number of nitrogens with zero attached hydrogens (tertiary/aromatic N) is 3. The number of ether oxygens (including phenoxy) is 1. The molecule has 11 heteroatoms. The van der Waals surface area contributed by atoms with Crippen LogP contribution in [0.5, 0.6) is 0 Å². The number of nitrogens with one attached hydrogen (secondary N) is 1. The Morgan fingerprint density at radius 1 is 1.31 bits per heavy atom. The van der Waals surface area contributed by atoms with Crippen molar-refractivity contribution in [1.82, 2.24) is 19.1 Å². The molecule has 2 N–H and O–H groups in total. The molecular weight excluding hydrogens is 504 g/mol. The van der Waals surface area contributed by atoms with Gasteiger partial charge in [0.2, 0.25) is 10.0 Å². The van der Waals surface area contributed by atoms with Gasteiger partial charge < -0.3 is 14.4 Å². The van der Waals surface area contributed by atoms with Gasteiger partial charge in [-0.2, -0.15) is 9.40 Å². The first kappa shape index (κ1) is 25.3. The van der Waals surface area contributed by atoms with Crippen LogP contribution in [-0.2, 0) is 34.3 Å². The van der Waals surface area contributed by atoms with E-state index in [1.807, 2.05) is 23.6 Å². The number of aliphatic hydroxyl groups is 1. The van der Waals surface area contributed by atoms with Gasteiger partial charge in [-0.3, -0.25) is 5.10 Å². The molecule has 194 valence electrons. The summed E-state index contributed by atoms with van der Waals surface area (Å²) in [5.74, 6) is -0.503. The van der Waals surface area contributed by atoms with Crippen LogP contribution in [0.4, 0.5) is 0 Å². The maximum absolute atomic E-state index is 13.4. The van der Waals surface area contributed by atoms with E-state index in [9.17, 15) is 18.3 Å². The summed E-state index contributed by atoms with van der Waals surface area (Å²) in [6.07, 6.45) is 2.96. The second kappa shape index (κ2) is 9.81. The van der Waals surface area contributed by atoms with Crippen molar-refractivity contribution in [3.8, 4) is 11.1 Å². The first-order chi connectivity index (χ1) is 17.3. The molecule has 3 heterocycles. The zero-order valence-corrected chi connectivity index (χ0v) is 22.1. The van der Waals surface area contributed by atoms with Crippen molar-refractivity contribution in [2.75, 3.05) is 19.0 Å². The second-order valence-corrected chi connectivity index (χ2v) is 11.9. The van der Waals surface area contributed by atoms with Crippen molar-refractivity contribution in [3.63, 3.8) is 0 Å². The Morgan fingerprint density at radius 3 is 2.78 bits per heavy atom. The van der Waals surface area contributed by atoms with E-state index in [1.165, 1.54) is 0 Å². The lowest BCUT2D eigenvalue weighted by atomic mass is 9.98. The number of fused-ring (bicyclic) bond motifs is 2. The molecule has 1 aromatic carbocycles. The largest absolute Gasteiger partial charge is 0.461 e. The number of rotatable bonds is 6. The first-order valence-electron chi connectivity index (χ1n) is 12.4. The van der Waals surface area contributed by atoms with E-state index < -0.39 is 16.0 Å². The van der Waals surface area contributed by atoms with Gasteiger partial charge in [-0.25, -0.2) is 13.2 Å². The summed E-state index contributed by atoms with van der Waals surface area (Å²) in [5.41, 5.74) is 4.81. The van der Waals surface area contributed by atoms with Crippen LogP contribution in [0.15, 0.2) is 12.1 Å². The molecule has 0 bridgehead atoms. The summed E-state index contributed by atoms with van der Waals surface area (Å²) in [4.78, 5) is 13.3. The Bertz CT molecular complexity index is 1420. The van der Waals surface area contributed by atoms with Crippen molar-refractivity contribution in [3.05, 3.63) is 39.8 Å². The summed E-state index contributed by atoms with van der Waals surface area (Å²) in [5, 5.41) is 18.4. The highest BCUT2D eigenvalue weighted by atomic mass is 35.5. The minimum absolute atomic E-state index is 0.00836. The number of hydrogen-bond donors (Lipinski definition) is 2. The lowest BCUT2D eigenvalue weighted by Gasteiger charge is -2.21. The van der Waals surface area contributed by atoms with Crippen molar-refractivity contribution in [2.24, 2.45) is 0 Å². The minimum Gasteiger partial charge on any atom is -0.461 e. The van der Waals surface area contributed by atoms with Crippen LogP contribution in [0.3, 0.4) is 0 Å². The number of sulfonamides is 1. The highest BCUT2D eigenvalue weighted by molar-refractivity contribution is 7.89. The normalized spacial score (nSPS) is 18.1. The molecule has 1 fully saturated rings. The lowest BCUT2D eigenvalue weighted by molar-refractivity contribution is 0.0512. The van der Waals surface area contributed by atoms with E-state index in [0.717, 1.165) is 46.1 Å². The SMILES string of the molecule is CCOC(=O)c1c(CCCO)c2ccc(Cl)c3c2n1CCCS(=O)(=O)N(C1CC1)Cc1n[nH]c(C)c1-3. The maximum Gasteiger partial charge on any atom is 0.355 e. The van der Waals surface area contributed by atoms with E-state index in [4.69, 9.17) is 16.3 Å². The molecule has 1 aliphatic heterocycles. The molecule has 9 nitrogen and oxygen atoms in total. The first-order valence-corrected chi connectivity index (χ1v) is 14.4. The summed E-state index contributed by atoms with van der Waals surface area (Å²) >= 11 is 6.86. The van der Waals surface area contributed by atoms with Gasteiger partial charge in [0.15, 0.2) is 0 Å². The van der Waals surface area contributed by atoms with Crippen molar-refractivity contribution < 1.29 is 23.1 Å². The van der Waals surface area contributed by atoms with Crippen LogP contribution >= 0.6 is 11.6 Å². The molecule has 1 saturated carbocycles. The molecule has 36 heavy (non-hydrogen) atoms.